The molecule has 0 aliphatic carbocycles. The van der Waals surface area contributed by atoms with Gasteiger partial charge in [0.1, 0.15) is 5.03 Å². The van der Waals surface area contributed by atoms with Crippen molar-refractivity contribution >= 4 is 17.7 Å². The third-order valence-corrected chi connectivity index (χ3v) is 2.57. The number of rotatable bonds is 4. The normalized spacial score (nSPS) is 10.3. The van der Waals surface area contributed by atoms with E-state index in [-0.39, 0.29) is 17.7 Å². The molecule has 0 bridgehead atoms. The van der Waals surface area contributed by atoms with E-state index in [1.54, 1.807) is 13.1 Å². The zero-order chi connectivity index (χ0) is 13.0. The van der Waals surface area contributed by atoms with Gasteiger partial charge in [-0.05, 0) is 37.2 Å². The molecular weight excluding hydrogens is 256 g/mol. The molecule has 8 heteroatoms. The van der Waals surface area contributed by atoms with Crippen LogP contribution in [0.2, 0.25) is 0 Å². The molecule has 0 atom stereocenters. The van der Waals surface area contributed by atoms with Gasteiger partial charge in [-0.25, -0.2) is 4.79 Å². The van der Waals surface area contributed by atoms with Gasteiger partial charge < -0.3 is 9.15 Å². The van der Waals surface area contributed by atoms with Gasteiger partial charge in [0, 0.05) is 0 Å². The smallest absolute Gasteiger partial charge is 0.396 e. The largest absolute Gasteiger partial charge is 0.459 e. The number of carbonyl (C=O) groups is 1. The summed E-state index contributed by atoms with van der Waals surface area (Å²) in [6.45, 7) is 3.86. The Hall–Kier alpha value is -1.96. The standard InChI is InChI=1S/C10H10N4O3S/c1-3-16-9(15)8-13-14-10(17-8)18-7-4-6(2)5-11-12-7/h4-5H,3H2,1-2H3. The molecule has 0 saturated heterocycles. The quantitative estimate of drug-likeness (QED) is 0.769. The molecule has 0 fully saturated rings. The molecule has 0 aliphatic heterocycles. The summed E-state index contributed by atoms with van der Waals surface area (Å²) in [7, 11) is 0. The van der Waals surface area contributed by atoms with E-state index < -0.39 is 5.97 Å². The fourth-order valence-electron chi connectivity index (χ4n) is 1.10. The van der Waals surface area contributed by atoms with Gasteiger partial charge in [0.05, 0.1) is 12.8 Å². The molecule has 2 heterocycles. The molecule has 0 radical (unpaired) electrons. The fourth-order valence-corrected chi connectivity index (χ4v) is 1.82. The first-order valence-electron chi connectivity index (χ1n) is 5.17. The lowest BCUT2D eigenvalue weighted by Gasteiger charge is -1.96. The average molecular weight is 266 g/mol. The minimum absolute atomic E-state index is 0.167. The summed E-state index contributed by atoms with van der Waals surface area (Å²) in [6, 6.07) is 1.83. The third-order valence-electron chi connectivity index (χ3n) is 1.82. The Morgan fingerprint density at radius 1 is 1.44 bits per heavy atom. The van der Waals surface area contributed by atoms with Crippen LogP contribution >= 0.6 is 11.8 Å². The van der Waals surface area contributed by atoms with Crippen LogP contribution < -0.4 is 0 Å². The van der Waals surface area contributed by atoms with E-state index in [0.29, 0.717) is 5.03 Å². The second kappa shape index (κ2) is 5.58. The van der Waals surface area contributed by atoms with Crippen molar-refractivity contribution in [2.75, 3.05) is 6.61 Å². The number of ether oxygens (including phenoxy) is 1. The molecule has 2 aromatic rings. The average Bonchev–Trinajstić information content (AvgIpc) is 2.78. The van der Waals surface area contributed by atoms with E-state index in [1.807, 2.05) is 13.0 Å². The van der Waals surface area contributed by atoms with E-state index in [4.69, 9.17) is 9.15 Å². The van der Waals surface area contributed by atoms with Crippen molar-refractivity contribution in [2.45, 2.75) is 24.1 Å². The number of aryl methyl sites for hydroxylation is 1. The molecule has 0 aliphatic rings. The zero-order valence-corrected chi connectivity index (χ0v) is 10.6. The summed E-state index contributed by atoms with van der Waals surface area (Å²) in [4.78, 5) is 11.3. The highest BCUT2D eigenvalue weighted by Crippen LogP contribution is 2.24. The van der Waals surface area contributed by atoms with Crippen molar-refractivity contribution in [1.29, 1.82) is 0 Å². The van der Waals surface area contributed by atoms with Crippen LogP contribution in [0.25, 0.3) is 0 Å². The van der Waals surface area contributed by atoms with Crippen LogP contribution in [0.5, 0.6) is 0 Å². The van der Waals surface area contributed by atoms with Crippen molar-refractivity contribution in [2.24, 2.45) is 0 Å². The molecule has 18 heavy (non-hydrogen) atoms. The summed E-state index contributed by atoms with van der Waals surface area (Å²) in [5.74, 6) is -0.799. The Morgan fingerprint density at radius 3 is 3.00 bits per heavy atom. The Balaban J connectivity index is 2.09. The van der Waals surface area contributed by atoms with Crippen molar-refractivity contribution in [3.05, 3.63) is 23.7 Å². The highest BCUT2D eigenvalue weighted by Gasteiger charge is 2.16. The monoisotopic (exact) mass is 266 g/mol. The second-order valence-corrected chi connectivity index (χ2v) is 4.24. The van der Waals surface area contributed by atoms with Gasteiger partial charge in [0.2, 0.25) is 0 Å². The molecule has 0 saturated carbocycles. The molecule has 2 aromatic heterocycles. The summed E-state index contributed by atoms with van der Waals surface area (Å²) in [5.41, 5.74) is 0.970. The highest BCUT2D eigenvalue weighted by atomic mass is 32.2. The van der Waals surface area contributed by atoms with Crippen molar-refractivity contribution in [3.63, 3.8) is 0 Å². The molecule has 0 aromatic carbocycles. The van der Waals surface area contributed by atoms with Crippen LogP contribution in [0.3, 0.4) is 0 Å². The van der Waals surface area contributed by atoms with E-state index in [9.17, 15) is 4.79 Å². The number of nitrogens with zero attached hydrogens (tertiary/aromatic N) is 4. The Bertz CT molecular complexity index is 558. The summed E-state index contributed by atoms with van der Waals surface area (Å²) < 4.78 is 9.88. The SMILES string of the molecule is CCOC(=O)c1nnc(Sc2cc(C)cnn2)o1. The first-order chi connectivity index (χ1) is 8.69. The molecule has 0 spiro atoms. The predicted octanol–water partition coefficient (Wildman–Crippen LogP) is 1.50. The number of hydrogen-bond donors (Lipinski definition) is 0. The maximum Gasteiger partial charge on any atom is 0.396 e. The first kappa shape index (κ1) is 12.5. The van der Waals surface area contributed by atoms with Crippen LogP contribution in [0, 0.1) is 6.92 Å². The number of carbonyl (C=O) groups excluding carboxylic acids is 1. The van der Waals surface area contributed by atoms with Crippen molar-refractivity contribution < 1.29 is 13.9 Å². The molecule has 94 valence electrons. The first-order valence-corrected chi connectivity index (χ1v) is 5.98. The van der Waals surface area contributed by atoms with Crippen LogP contribution in [0.15, 0.2) is 26.9 Å². The van der Waals surface area contributed by atoms with Gasteiger partial charge in [0.15, 0.2) is 0 Å². The third kappa shape index (κ3) is 3.04. The highest BCUT2D eigenvalue weighted by molar-refractivity contribution is 7.99. The summed E-state index contributed by atoms with van der Waals surface area (Å²) in [6.07, 6.45) is 1.64. The number of esters is 1. The van der Waals surface area contributed by atoms with Gasteiger partial charge in [-0.15, -0.1) is 10.2 Å². The van der Waals surface area contributed by atoms with Crippen LogP contribution in [-0.4, -0.2) is 33.0 Å². The minimum Gasteiger partial charge on any atom is -0.459 e. The maximum atomic E-state index is 11.3. The maximum absolute atomic E-state index is 11.3. The lowest BCUT2D eigenvalue weighted by atomic mass is 10.4. The van der Waals surface area contributed by atoms with E-state index in [2.05, 4.69) is 20.4 Å². The van der Waals surface area contributed by atoms with Crippen molar-refractivity contribution in [1.82, 2.24) is 20.4 Å². The van der Waals surface area contributed by atoms with E-state index >= 15 is 0 Å². The van der Waals surface area contributed by atoms with Gasteiger partial charge in [0.25, 0.3) is 5.22 Å². The fraction of sp³-hybridized carbons (Fsp3) is 0.300. The number of hydrogen-bond acceptors (Lipinski definition) is 8. The molecule has 0 amide bonds. The van der Waals surface area contributed by atoms with Crippen LogP contribution in [-0.2, 0) is 4.74 Å². The van der Waals surface area contributed by atoms with Crippen molar-refractivity contribution in [3.8, 4) is 0 Å². The summed E-state index contributed by atoms with van der Waals surface area (Å²) >= 11 is 1.14. The topological polar surface area (TPSA) is 91.0 Å². The van der Waals surface area contributed by atoms with Crippen LogP contribution in [0.1, 0.15) is 23.2 Å². The zero-order valence-electron chi connectivity index (χ0n) is 9.78. The van der Waals surface area contributed by atoms with Crippen LogP contribution in [0.4, 0.5) is 0 Å². The van der Waals surface area contributed by atoms with Gasteiger partial charge in [-0.1, -0.05) is 5.10 Å². The number of aromatic nitrogens is 4. The molecule has 0 N–H and O–H groups in total. The van der Waals surface area contributed by atoms with E-state index in [0.717, 1.165) is 17.3 Å². The second-order valence-electron chi connectivity index (χ2n) is 3.27. The van der Waals surface area contributed by atoms with Gasteiger partial charge in [-0.3, -0.25) is 0 Å². The lowest BCUT2D eigenvalue weighted by Crippen LogP contribution is -2.04. The Labute approximate surface area is 107 Å². The van der Waals surface area contributed by atoms with Gasteiger partial charge >= 0.3 is 11.9 Å². The molecule has 7 nitrogen and oxygen atoms in total. The Kier molecular flexibility index (Phi) is 3.88. The molecule has 0 unspecified atom stereocenters. The predicted molar refractivity (Wildman–Crippen MR) is 61.1 cm³/mol. The lowest BCUT2D eigenvalue weighted by molar-refractivity contribution is 0.0475. The molecule has 2 rings (SSSR count). The molecular formula is C10H10N4O3S. The van der Waals surface area contributed by atoms with Gasteiger partial charge in [-0.2, -0.15) is 5.10 Å². The Morgan fingerprint density at radius 2 is 2.28 bits per heavy atom. The van der Waals surface area contributed by atoms with E-state index in [1.165, 1.54) is 0 Å². The summed E-state index contributed by atoms with van der Waals surface area (Å²) in [5, 5.41) is 15.8. The minimum atomic E-state index is -0.632.